The molecule has 1 aromatic carbocycles. The van der Waals surface area contributed by atoms with Crippen LogP contribution in [0.5, 0.6) is 0 Å². The van der Waals surface area contributed by atoms with Crippen molar-refractivity contribution in [3.63, 3.8) is 0 Å². The molecule has 0 unspecified atom stereocenters. The fraction of sp³-hybridized carbons (Fsp3) is 0.222. The van der Waals surface area contributed by atoms with E-state index in [2.05, 4.69) is 4.74 Å². The van der Waals surface area contributed by atoms with E-state index in [0.717, 1.165) is 18.4 Å². The lowest BCUT2D eigenvalue weighted by molar-refractivity contribution is 0.0600. The number of ether oxygens (including phenoxy) is 1. The largest absolute Gasteiger partial charge is 0.465 e. The van der Waals surface area contributed by atoms with Gasteiger partial charge in [-0.05, 0) is 18.2 Å². The molecule has 0 atom stereocenters. The zero-order valence-electron chi connectivity index (χ0n) is 8.65. The van der Waals surface area contributed by atoms with Crippen molar-refractivity contribution in [2.24, 2.45) is 0 Å². The number of rotatable bonds is 3. The molecule has 0 saturated carbocycles. The lowest BCUT2D eigenvalue weighted by Gasteiger charge is -2.06. The van der Waals surface area contributed by atoms with Crippen LogP contribution in [0.15, 0.2) is 18.2 Å². The Hall–Kier alpha value is -1.63. The summed E-state index contributed by atoms with van der Waals surface area (Å²) in [5.41, 5.74) is -0.200. The SMILES string of the molecule is COC(=O)c1ccc(NS(C)(=O)=O)c(F)c1. The summed E-state index contributed by atoms with van der Waals surface area (Å²) < 4.78 is 41.4. The third kappa shape index (κ3) is 3.20. The van der Waals surface area contributed by atoms with Crippen LogP contribution in [0.1, 0.15) is 10.4 Å². The standard InChI is InChI=1S/C9H10FNO4S/c1-15-9(12)6-3-4-8(7(10)5-6)11-16(2,13)14/h3-5,11H,1-2H3. The van der Waals surface area contributed by atoms with Gasteiger partial charge >= 0.3 is 5.97 Å². The maximum absolute atomic E-state index is 13.3. The molecule has 0 spiro atoms. The second kappa shape index (κ2) is 4.48. The second-order valence-electron chi connectivity index (χ2n) is 3.06. The number of nitrogens with one attached hydrogen (secondary N) is 1. The van der Waals surface area contributed by atoms with Gasteiger partial charge in [-0.1, -0.05) is 0 Å². The minimum Gasteiger partial charge on any atom is -0.465 e. The second-order valence-corrected chi connectivity index (χ2v) is 4.81. The molecule has 1 N–H and O–H groups in total. The minimum atomic E-state index is -3.54. The Morgan fingerprint density at radius 1 is 1.44 bits per heavy atom. The summed E-state index contributed by atoms with van der Waals surface area (Å²) in [6.45, 7) is 0. The Kier molecular flexibility index (Phi) is 3.48. The number of esters is 1. The summed E-state index contributed by atoms with van der Waals surface area (Å²) in [7, 11) is -2.37. The van der Waals surface area contributed by atoms with Crippen molar-refractivity contribution in [3.05, 3.63) is 29.6 Å². The molecule has 16 heavy (non-hydrogen) atoms. The number of carbonyl (C=O) groups excluding carboxylic acids is 1. The third-order valence-corrected chi connectivity index (χ3v) is 2.28. The minimum absolute atomic E-state index is 0.0130. The number of anilines is 1. The molecule has 88 valence electrons. The van der Waals surface area contributed by atoms with Crippen LogP contribution in [0.25, 0.3) is 0 Å². The highest BCUT2D eigenvalue weighted by Gasteiger charge is 2.11. The van der Waals surface area contributed by atoms with Gasteiger partial charge in [0.25, 0.3) is 0 Å². The summed E-state index contributed by atoms with van der Waals surface area (Å²) in [6.07, 6.45) is 0.903. The molecule has 0 aliphatic heterocycles. The van der Waals surface area contributed by atoms with E-state index in [9.17, 15) is 17.6 Å². The fourth-order valence-corrected chi connectivity index (χ4v) is 1.61. The summed E-state index contributed by atoms with van der Waals surface area (Å²) in [4.78, 5) is 11.0. The number of benzene rings is 1. The monoisotopic (exact) mass is 247 g/mol. The van der Waals surface area contributed by atoms with Crippen LogP contribution in [0.2, 0.25) is 0 Å². The van der Waals surface area contributed by atoms with E-state index in [1.807, 2.05) is 4.72 Å². The number of sulfonamides is 1. The highest BCUT2D eigenvalue weighted by molar-refractivity contribution is 7.92. The summed E-state index contributed by atoms with van der Waals surface area (Å²) in [6, 6.07) is 3.32. The maximum Gasteiger partial charge on any atom is 0.337 e. The Morgan fingerprint density at radius 3 is 2.50 bits per heavy atom. The smallest absolute Gasteiger partial charge is 0.337 e. The van der Waals surface area contributed by atoms with Crippen LogP contribution in [0, 0.1) is 5.82 Å². The van der Waals surface area contributed by atoms with E-state index >= 15 is 0 Å². The molecule has 0 amide bonds. The highest BCUT2D eigenvalue weighted by Crippen LogP contribution is 2.17. The topological polar surface area (TPSA) is 72.5 Å². The Labute approximate surface area is 92.3 Å². The number of methoxy groups -OCH3 is 1. The zero-order chi connectivity index (χ0) is 12.3. The third-order valence-electron chi connectivity index (χ3n) is 1.69. The summed E-state index contributed by atoms with van der Waals surface area (Å²) in [5.74, 6) is -1.53. The number of halogens is 1. The number of carbonyl (C=O) groups is 1. The first-order valence-corrected chi connectivity index (χ1v) is 6.08. The van der Waals surface area contributed by atoms with Gasteiger partial charge in [0.2, 0.25) is 10.0 Å². The van der Waals surface area contributed by atoms with Gasteiger partial charge in [0.05, 0.1) is 24.6 Å². The predicted molar refractivity (Wildman–Crippen MR) is 56.2 cm³/mol. The van der Waals surface area contributed by atoms with Crippen molar-refractivity contribution >= 4 is 21.7 Å². The molecule has 1 aromatic rings. The van der Waals surface area contributed by atoms with Crippen LogP contribution in [0.3, 0.4) is 0 Å². The highest BCUT2D eigenvalue weighted by atomic mass is 32.2. The number of hydrogen-bond donors (Lipinski definition) is 1. The molecule has 0 aliphatic rings. The van der Waals surface area contributed by atoms with E-state index < -0.39 is 21.8 Å². The van der Waals surface area contributed by atoms with Crippen molar-refractivity contribution in [2.45, 2.75) is 0 Å². The molecule has 0 aromatic heterocycles. The van der Waals surface area contributed by atoms with Gasteiger partial charge in [-0.15, -0.1) is 0 Å². The van der Waals surface area contributed by atoms with E-state index in [-0.39, 0.29) is 11.3 Å². The van der Waals surface area contributed by atoms with Crippen molar-refractivity contribution in [1.29, 1.82) is 0 Å². The van der Waals surface area contributed by atoms with Crippen molar-refractivity contribution in [2.75, 3.05) is 18.1 Å². The molecule has 0 bridgehead atoms. The van der Waals surface area contributed by atoms with Crippen LogP contribution in [-0.2, 0) is 14.8 Å². The molecule has 0 fully saturated rings. The van der Waals surface area contributed by atoms with Gasteiger partial charge in [-0.2, -0.15) is 0 Å². The average Bonchev–Trinajstić information content (AvgIpc) is 2.18. The molecule has 0 aliphatic carbocycles. The molecular weight excluding hydrogens is 237 g/mol. The molecule has 0 radical (unpaired) electrons. The quantitative estimate of drug-likeness (QED) is 0.808. The molecule has 1 rings (SSSR count). The predicted octanol–water partition coefficient (Wildman–Crippen LogP) is 0.984. The Morgan fingerprint density at radius 2 is 2.06 bits per heavy atom. The molecule has 0 saturated heterocycles. The summed E-state index contributed by atoms with van der Waals surface area (Å²) >= 11 is 0. The lowest BCUT2D eigenvalue weighted by atomic mass is 10.2. The molecule has 5 nitrogen and oxygen atoms in total. The van der Waals surface area contributed by atoms with Crippen molar-refractivity contribution < 1.29 is 22.3 Å². The maximum atomic E-state index is 13.3. The van der Waals surface area contributed by atoms with Crippen LogP contribution >= 0.6 is 0 Å². The first kappa shape index (κ1) is 12.4. The van der Waals surface area contributed by atoms with Crippen molar-refractivity contribution in [1.82, 2.24) is 0 Å². The zero-order valence-corrected chi connectivity index (χ0v) is 9.47. The van der Waals surface area contributed by atoms with Crippen molar-refractivity contribution in [3.8, 4) is 0 Å². The van der Waals surface area contributed by atoms with Gasteiger partial charge in [0.1, 0.15) is 5.82 Å². The van der Waals surface area contributed by atoms with E-state index in [1.54, 1.807) is 0 Å². The van der Waals surface area contributed by atoms with E-state index in [0.29, 0.717) is 0 Å². The normalized spacial score (nSPS) is 10.9. The number of hydrogen-bond acceptors (Lipinski definition) is 4. The molecular formula is C9H10FNO4S. The average molecular weight is 247 g/mol. The molecule has 0 heterocycles. The van der Waals surface area contributed by atoms with E-state index in [1.165, 1.54) is 13.2 Å². The lowest BCUT2D eigenvalue weighted by Crippen LogP contribution is -2.11. The molecule has 7 heteroatoms. The summed E-state index contributed by atoms with van der Waals surface area (Å²) in [5, 5.41) is 0. The van der Waals surface area contributed by atoms with Crippen LogP contribution < -0.4 is 4.72 Å². The first-order valence-electron chi connectivity index (χ1n) is 4.19. The Balaban J connectivity index is 3.05. The van der Waals surface area contributed by atoms with Crippen LogP contribution in [0.4, 0.5) is 10.1 Å². The first-order chi connectivity index (χ1) is 7.33. The van der Waals surface area contributed by atoms with Gasteiger partial charge in [-0.3, -0.25) is 4.72 Å². The van der Waals surface area contributed by atoms with E-state index in [4.69, 9.17) is 0 Å². The van der Waals surface area contributed by atoms with Gasteiger partial charge < -0.3 is 4.74 Å². The van der Waals surface area contributed by atoms with Gasteiger partial charge in [0.15, 0.2) is 0 Å². The van der Waals surface area contributed by atoms with Gasteiger partial charge in [0, 0.05) is 0 Å². The van der Waals surface area contributed by atoms with Crippen LogP contribution in [-0.4, -0.2) is 27.8 Å². The fourth-order valence-electron chi connectivity index (χ4n) is 1.04. The Bertz CT molecular complexity index is 512. The van der Waals surface area contributed by atoms with Gasteiger partial charge in [-0.25, -0.2) is 17.6 Å².